The number of hydrogen-bond donors (Lipinski definition) is 0. The summed E-state index contributed by atoms with van der Waals surface area (Å²) in [6, 6.07) is 8.85. The molecule has 120 valence electrons. The van der Waals surface area contributed by atoms with E-state index in [1.165, 1.54) is 7.11 Å². The summed E-state index contributed by atoms with van der Waals surface area (Å²) in [5.74, 6) is -1.21. The van der Waals surface area contributed by atoms with Gasteiger partial charge in [-0.2, -0.15) is 0 Å². The van der Waals surface area contributed by atoms with E-state index in [4.69, 9.17) is 9.47 Å². The summed E-state index contributed by atoms with van der Waals surface area (Å²) in [5, 5.41) is 0. The molecule has 1 aliphatic rings. The minimum Gasteiger partial charge on any atom is -0.469 e. The van der Waals surface area contributed by atoms with Crippen LogP contribution in [0.25, 0.3) is 0 Å². The van der Waals surface area contributed by atoms with Gasteiger partial charge in [0.25, 0.3) is 0 Å². The number of likely N-dealkylation sites (tertiary alicyclic amines) is 1. The lowest BCUT2D eigenvalue weighted by Crippen LogP contribution is -2.44. The second kappa shape index (κ2) is 7.40. The second-order valence-corrected chi connectivity index (χ2v) is 5.72. The third-order valence-corrected chi connectivity index (χ3v) is 4.27. The van der Waals surface area contributed by atoms with Gasteiger partial charge in [-0.3, -0.25) is 4.79 Å². The predicted molar refractivity (Wildman–Crippen MR) is 82.5 cm³/mol. The van der Waals surface area contributed by atoms with Crippen molar-refractivity contribution in [2.75, 3.05) is 20.7 Å². The van der Waals surface area contributed by atoms with Gasteiger partial charge < -0.3 is 14.4 Å². The molecule has 1 aromatic rings. The van der Waals surface area contributed by atoms with Crippen molar-refractivity contribution in [3.8, 4) is 0 Å². The number of carbonyl (C=O) groups excluding carboxylic acids is 2. The normalized spacial score (nSPS) is 21.1. The molecule has 0 bridgehead atoms. The number of rotatable bonds is 5. The molecule has 0 N–H and O–H groups in total. The molecule has 1 aliphatic heterocycles. The number of benzene rings is 1. The van der Waals surface area contributed by atoms with E-state index in [-0.39, 0.29) is 12.0 Å². The Morgan fingerprint density at radius 1 is 1.27 bits per heavy atom. The minimum absolute atomic E-state index is 0.0472. The Morgan fingerprint density at radius 2 is 1.95 bits per heavy atom. The van der Waals surface area contributed by atoms with Gasteiger partial charge in [0, 0.05) is 6.04 Å². The maximum atomic E-state index is 12.2. The maximum absolute atomic E-state index is 12.2. The van der Waals surface area contributed by atoms with Crippen molar-refractivity contribution in [3.63, 3.8) is 0 Å². The second-order valence-electron chi connectivity index (χ2n) is 5.72. The fourth-order valence-corrected chi connectivity index (χ4v) is 3.07. The number of hydrogen-bond acceptors (Lipinski definition) is 5. The van der Waals surface area contributed by atoms with Gasteiger partial charge in [0.2, 0.25) is 0 Å². The van der Waals surface area contributed by atoms with Gasteiger partial charge in [-0.25, -0.2) is 4.79 Å². The van der Waals surface area contributed by atoms with E-state index < -0.39 is 18.0 Å². The summed E-state index contributed by atoms with van der Waals surface area (Å²) in [6.45, 7) is 2.70. The SMILES string of the molecule is COC(=O)C(C(C)OC(=O)c1ccccc1)C1CCCN1C. The van der Waals surface area contributed by atoms with Gasteiger partial charge in [0.1, 0.15) is 12.0 Å². The van der Waals surface area contributed by atoms with Gasteiger partial charge in [0.15, 0.2) is 0 Å². The zero-order chi connectivity index (χ0) is 16.1. The Kier molecular flexibility index (Phi) is 5.55. The summed E-state index contributed by atoms with van der Waals surface area (Å²) in [5.41, 5.74) is 0.484. The molecule has 22 heavy (non-hydrogen) atoms. The van der Waals surface area contributed by atoms with E-state index in [1.807, 2.05) is 13.1 Å². The molecule has 0 amide bonds. The average Bonchev–Trinajstić information content (AvgIpc) is 2.94. The van der Waals surface area contributed by atoms with Crippen LogP contribution < -0.4 is 0 Å². The lowest BCUT2D eigenvalue weighted by molar-refractivity contribution is -0.152. The van der Waals surface area contributed by atoms with Gasteiger partial charge >= 0.3 is 11.9 Å². The van der Waals surface area contributed by atoms with Crippen LogP contribution in [0.1, 0.15) is 30.1 Å². The largest absolute Gasteiger partial charge is 0.469 e. The molecule has 1 saturated heterocycles. The Labute approximate surface area is 131 Å². The van der Waals surface area contributed by atoms with Gasteiger partial charge in [-0.1, -0.05) is 18.2 Å². The number of carbonyl (C=O) groups is 2. The van der Waals surface area contributed by atoms with Crippen molar-refractivity contribution in [2.45, 2.75) is 31.9 Å². The predicted octanol–water partition coefficient (Wildman–Crippen LogP) is 2.12. The van der Waals surface area contributed by atoms with Crippen LogP contribution in [-0.4, -0.2) is 49.7 Å². The quantitative estimate of drug-likeness (QED) is 0.780. The third kappa shape index (κ3) is 3.65. The molecule has 3 unspecified atom stereocenters. The summed E-state index contributed by atoms with van der Waals surface area (Å²) in [7, 11) is 3.36. The number of nitrogens with zero attached hydrogens (tertiary/aromatic N) is 1. The lowest BCUT2D eigenvalue weighted by Gasteiger charge is -2.31. The maximum Gasteiger partial charge on any atom is 0.338 e. The van der Waals surface area contributed by atoms with Crippen LogP contribution in [0.3, 0.4) is 0 Å². The molecule has 0 radical (unpaired) electrons. The summed E-state index contributed by atoms with van der Waals surface area (Å²) in [4.78, 5) is 26.5. The first-order valence-electron chi connectivity index (χ1n) is 7.58. The molecule has 2 rings (SSSR count). The molecule has 0 saturated carbocycles. The standard InChI is InChI=1S/C17H23NO4/c1-12(22-16(19)13-8-5-4-6-9-13)15(17(20)21-3)14-10-7-11-18(14)2/h4-6,8-9,12,14-15H,7,10-11H2,1-3H3. The highest BCUT2D eigenvalue weighted by molar-refractivity contribution is 5.89. The molecular weight excluding hydrogens is 282 g/mol. The summed E-state index contributed by atoms with van der Waals surface area (Å²) >= 11 is 0. The molecule has 0 aliphatic carbocycles. The Morgan fingerprint density at radius 3 is 2.50 bits per heavy atom. The number of esters is 2. The molecule has 0 aromatic heterocycles. The van der Waals surface area contributed by atoms with Crippen molar-refractivity contribution in [3.05, 3.63) is 35.9 Å². The average molecular weight is 305 g/mol. The fraction of sp³-hybridized carbons (Fsp3) is 0.529. The van der Waals surface area contributed by atoms with E-state index in [2.05, 4.69) is 4.90 Å². The first-order valence-corrected chi connectivity index (χ1v) is 7.58. The molecule has 5 heteroatoms. The van der Waals surface area contributed by atoms with Crippen molar-refractivity contribution in [1.29, 1.82) is 0 Å². The molecule has 1 aromatic carbocycles. The van der Waals surface area contributed by atoms with Gasteiger partial charge in [0.05, 0.1) is 12.7 Å². The van der Waals surface area contributed by atoms with Crippen LogP contribution >= 0.6 is 0 Å². The molecule has 3 atom stereocenters. The van der Waals surface area contributed by atoms with Crippen molar-refractivity contribution in [1.82, 2.24) is 4.90 Å². The van der Waals surface area contributed by atoms with Crippen molar-refractivity contribution >= 4 is 11.9 Å². The Bertz CT molecular complexity index is 517. The van der Waals surface area contributed by atoms with E-state index in [0.29, 0.717) is 5.56 Å². The molecular formula is C17H23NO4. The molecule has 5 nitrogen and oxygen atoms in total. The summed E-state index contributed by atoms with van der Waals surface area (Å²) < 4.78 is 10.4. The highest BCUT2D eigenvalue weighted by atomic mass is 16.6. The third-order valence-electron chi connectivity index (χ3n) is 4.27. The van der Waals surface area contributed by atoms with E-state index >= 15 is 0 Å². The van der Waals surface area contributed by atoms with Crippen LogP contribution in [0.2, 0.25) is 0 Å². The molecule has 1 fully saturated rings. The highest BCUT2D eigenvalue weighted by Crippen LogP contribution is 2.27. The lowest BCUT2D eigenvalue weighted by atomic mass is 9.92. The van der Waals surface area contributed by atoms with Crippen LogP contribution in [0.15, 0.2) is 30.3 Å². The first kappa shape index (κ1) is 16.5. The minimum atomic E-state index is -0.536. The van der Waals surface area contributed by atoms with Crippen molar-refractivity contribution < 1.29 is 19.1 Å². The summed E-state index contributed by atoms with van der Waals surface area (Å²) in [6.07, 6.45) is 1.41. The van der Waals surface area contributed by atoms with E-state index in [9.17, 15) is 9.59 Å². The van der Waals surface area contributed by atoms with Crippen LogP contribution in [-0.2, 0) is 14.3 Å². The topological polar surface area (TPSA) is 55.8 Å². The van der Waals surface area contributed by atoms with Gasteiger partial charge in [-0.15, -0.1) is 0 Å². The number of methoxy groups -OCH3 is 1. The van der Waals surface area contributed by atoms with E-state index in [0.717, 1.165) is 19.4 Å². The molecule has 1 heterocycles. The smallest absolute Gasteiger partial charge is 0.338 e. The molecule has 0 spiro atoms. The van der Waals surface area contributed by atoms with Crippen molar-refractivity contribution in [2.24, 2.45) is 5.92 Å². The van der Waals surface area contributed by atoms with Crippen LogP contribution in [0.4, 0.5) is 0 Å². The van der Waals surface area contributed by atoms with E-state index in [1.54, 1.807) is 31.2 Å². The van der Waals surface area contributed by atoms with Gasteiger partial charge in [-0.05, 0) is 45.5 Å². The monoisotopic (exact) mass is 305 g/mol. The fourth-order valence-electron chi connectivity index (χ4n) is 3.07. The van der Waals surface area contributed by atoms with Crippen LogP contribution in [0, 0.1) is 5.92 Å². The Hall–Kier alpha value is -1.88. The zero-order valence-electron chi connectivity index (χ0n) is 13.3. The zero-order valence-corrected chi connectivity index (χ0v) is 13.3. The number of ether oxygens (including phenoxy) is 2. The first-order chi connectivity index (χ1) is 10.5. The Balaban J connectivity index is 2.10. The highest BCUT2D eigenvalue weighted by Gasteiger charge is 2.40. The van der Waals surface area contributed by atoms with Crippen LogP contribution in [0.5, 0.6) is 0 Å².